The molecule has 2 unspecified atom stereocenters. The molecule has 2 heterocycles. The van der Waals surface area contributed by atoms with Gasteiger partial charge in [-0.2, -0.15) is 4.31 Å². The van der Waals surface area contributed by atoms with Crippen LogP contribution in [0.25, 0.3) is 0 Å². The molecular weight excluding hydrogens is 288 g/mol. The highest BCUT2D eigenvalue weighted by Gasteiger charge is 2.38. The van der Waals surface area contributed by atoms with E-state index >= 15 is 0 Å². The van der Waals surface area contributed by atoms with Gasteiger partial charge in [0.2, 0.25) is 10.0 Å². The fourth-order valence-electron chi connectivity index (χ4n) is 2.44. The molecule has 1 amide bonds. The highest BCUT2D eigenvalue weighted by molar-refractivity contribution is 7.88. The highest BCUT2D eigenvalue weighted by Crippen LogP contribution is 2.22. The van der Waals surface area contributed by atoms with E-state index in [1.165, 1.54) is 9.21 Å². The quantitative estimate of drug-likeness (QED) is 0.696. The third-order valence-corrected chi connectivity index (χ3v) is 4.89. The molecule has 0 aromatic rings. The number of nitrogens with zero attached hydrogens (tertiary/aromatic N) is 2. The molecule has 2 atom stereocenters. The lowest BCUT2D eigenvalue weighted by Gasteiger charge is -2.34. The molecule has 9 heteroatoms. The van der Waals surface area contributed by atoms with Gasteiger partial charge in [0.05, 0.1) is 6.26 Å². The van der Waals surface area contributed by atoms with Gasteiger partial charge >= 0.3 is 5.97 Å². The van der Waals surface area contributed by atoms with E-state index in [0.717, 1.165) is 6.26 Å². The first-order valence-corrected chi connectivity index (χ1v) is 8.26. The number of aliphatic carboxylic acids is 1. The van der Waals surface area contributed by atoms with Gasteiger partial charge < -0.3 is 14.7 Å². The highest BCUT2D eigenvalue weighted by atomic mass is 32.2. The van der Waals surface area contributed by atoms with Gasteiger partial charge in [0, 0.05) is 26.2 Å². The summed E-state index contributed by atoms with van der Waals surface area (Å²) < 4.78 is 29.3. The van der Waals surface area contributed by atoms with Crippen LogP contribution in [-0.4, -0.2) is 79.2 Å². The zero-order valence-corrected chi connectivity index (χ0v) is 12.0. The van der Waals surface area contributed by atoms with E-state index in [2.05, 4.69) is 0 Å². The van der Waals surface area contributed by atoms with Crippen molar-refractivity contribution < 1.29 is 27.9 Å². The number of carbonyl (C=O) groups is 2. The maximum absolute atomic E-state index is 12.2. The first-order valence-electron chi connectivity index (χ1n) is 6.41. The number of hydrogen-bond donors (Lipinski definition) is 1. The summed E-state index contributed by atoms with van der Waals surface area (Å²) in [5.74, 6) is -1.30. The molecule has 1 N–H and O–H groups in total. The van der Waals surface area contributed by atoms with Crippen molar-refractivity contribution in [1.29, 1.82) is 0 Å². The fraction of sp³-hybridized carbons (Fsp3) is 0.818. The number of ether oxygens (including phenoxy) is 1. The van der Waals surface area contributed by atoms with Crippen LogP contribution in [0.4, 0.5) is 0 Å². The van der Waals surface area contributed by atoms with E-state index in [-0.39, 0.29) is 19.0 Å². The summed E-state index contributed by atoms with van der Waals surface area (Å²) in [4.78, 5) is 24.5. The van der Waals surface area contributed by atoms with Crippen LogP contribution >= 0.6 is 0 Å². The number of piperazine rings is 1. The average Bonchev–Trinajstić information content (AvgIpc) is 2.86. The minimum absolute atomic E-state index is 0.248. The Morgan fingerprint density at radius 2 is 1.65 bits per heavy atom. The number of carbonyl (C=O) groups excluding carboxylic acids is 1. The first kappa shape index (κ1) is 15.2. The molecule has 20 heavy (non-hydrogen) atoms. The van der Waals surface area contributed by atoms with E-state index in [1.54, 1.807) is 0 Å². The number of sulfonamides is 1. The molecule has 114 valence electrons. The molecule has 8 nitrogen and oxygen atoms in total. The second-order valence-corrected chi connectivity index (χ2v) is 7.00. The summed E-state index contributed by atoms with van der Waals surface area (Å²) in [7, 11) is -3.23. The molecule has 0 radical (unpaired) electrons. The molecule has 2 aliphatic heterocycles. The van der Waals surface area contributed by atoms with Crippen LogP contribution in [0.15, 0.2) is 0 Å². The Bertz CT molecular complexity index is 497. The van der Waals surface area contributed by atoms with E-state index < -0.39 is 28.2 Å². The molecule has 2 fully saturated rings. The summed E-state index contributed by atoms with van der Waals surface area (Å²) in [6.07, 6.45) is 0.223. The molecular formula is C11H18N2O6S. The van der Waals surface area contributed by atoms with Gasteiger partial charge in [-0.05, 0) is 12.8 Å². The Balaban J connectivity index is 1.88. The number of rotatable bonds is 3. The summed E-state index contributed by atoms with van der Waals surface area (Å²) in [6, 6.07) is 0. The maximum Gasteiger partial charge on any atom is 0.332 e. The summed E-state index contributed by atoms with van der Waals surface area (Å²) in [5, 5.41) is 8.82. The molecule has 2 aliphatic rings. The van der Waals surface area contributed by atoms with Gasteiger partial charge in [0.25, 0.3) is 5.91 Å². The molecule has 0 aromatic heterocycles. The summed E-state index contributed by atoms with van der Waals surface area (Å²) in [6.45, 7) is 1.15. The van der Waals surface area contributed by atoms with Crippen LogP contribution in [0.1, 0.15) is 12.8 Å². The number of hydrogen-bond acceptors (Lipinski definition) is 5. The molecule has 0 bridgehead atoms. The van der Waals surface area contributed by atoms with Gasteiger partial charge in [0.15, 0.2) is 6.10 Å². The van der Waals surface area contributed by atoms with Crippen molar-refractivity contribution in [2.45, 2.75) is 25.0 Å². The standard InChI is InChI=1S/C11H18N2O6S/c1-20(17,18)13-6-4-12(5-7-13)10(14)8-2-3-9(19-8)11(15)16/h8-9H,2-7H2,1H3,(H,15,16). The van der Waals surface area contributed by atoms with E-state index in [0.29, 0.717) is 25.9 Å². The average molecular weight is 306 g/mol. The van der Waals surface area contributed by atoms with Crippen molar-refractivity contribution in [3.05, 3.63) is 0 Å². The second-order valence-electron chi connectivity index (χ2n) is 5.02. The minimum atomic E-state index is -3.23. The maximum atomic E-state index is 12.2. The van der Waals surface area contributed by atoms with Crippen molar-refractivity contribution in [1.82, 2.24) is 9.21 Å². The molecule has 2 rings (SSSR count). The van der Waals surface area contributed by atoms with Crippen LogP contribution in [0, 0.1) is 0 Å². The molecule has 0 spiro atoms. The number of carboxylic acid groups (broad SMARTS) is 1. The van der Waals surface area contributed by atoms with Gasteiger partial charge in [-0.3, -0.25) is 4.79 Å². The normalized spacial score (nSPS) is 28.6. The Morgan fingerprint density at radius 3 is 2.10 bits per heavy atom. The van der Waals surface area contributed by atoms with Crippen LogP contribution < -0.4 is 0 Å². The van der Waals surface area contributed by atoms with Crippen LogP contribution in [-0.2, 0) is 24.3 Å². The predicted octanol–water partition coefficient (Wildman–Crippen LogP) is -1.28. The Labute approximate surface area is 117 Å². The summed E-state index contributed by atoms with van der Waals surface area (Å²) >= 11 is 0. The van der Waals surface area contributed by atoms with Crippen LogP contribution in [0.5, 0.6) is 0 Å². The van der Waals surface area contributed by atoms with Crippen LogP contribution in [0.2, 0.25) is 0 Å². The third kappa shape index (κ3) is 3.28. The fourth-order valence-corrected chi connectivity index (χ4v) is 3.27. The van der Waals surface area contributed by atoms with Gasteiger partial charge in [-0.1, -0.05) is 0 Å². The van der Waals surface area contributed by atoms with E-state index in [4.69, 9.17) is 9.84 Å². The topological polar surface area (TPSA) is 104 Å². The predicted molar refractivity (Wildman–Crippen MR) is 68.5 cm³/mol. The molecule has 0 aromatic carbocycles. The lowest BCUT2D eigenvalue weighted by atomic mass is 10.1. The monoisotopic (exact) mass is 306 g/mol. The zero-order valence-electron chi connectivity index (χ0n) is 11.2. The van der Waals surface area contributed by atoms with Crippen molar-refractivity contribution in [3.63, 3.8) is 0 Å². The largest absolute Gasteiger partial charge is 0.479 e. The van der Waals surface area contributed by atoms with Crippen molar-refractivity contribution in [3.8, 4) is 0 Å². The lowest BCUT2D eigenvalue weighted by Crippen LogP contribution is -2.52. The minimum Gasteiger partial charge on any atom is -0.479 e. The van der Waals surface area contributed by atoms with Crippen molar-refractivity contribution in [2.75, 3.05) is 32.4 Å². The van der Waals surface area contributed by atoms with Gasteiger partial charge in [-0.25, -0.2) is 13.2 Å². The van der Waals surface area contributed by atoms with E-state index in [9.17, 15) is 18.0 Å². The van der Waals surface area contributed by atoms with Crippen molar-refractivity contribution >= 4 is 21.9 Å². The van der Waals surface area contributed by atoms with Crippen LogP contribution in [0.3, 0.4) is 0 Å². The lowest BCUT2D eigenvalue weighted by molar-refractivity contribution is -0.155. The number of carboxylic acids is 1. The SMILES string of the molecule is CS(=O)(=O)N1CCN(C(=O)C2CCC(C(=O)O)O2)CC1. The first-order chi connectivity index (χ1) is 9.29. The second kappa shape index (κ2) is 5.66. The van der Waals surface area contributed by atoms with E-state index in [1.807, 2.05) is 0 Å². The molecule has 2 saturated heterocycles. The van der Waals surface area contributed by atoms with Gasteiger partial charge in [0.1, 0.15) is 6.10 Å². The Hall–Kier alpha value is -1.19. The molecule has 0 saturated carbocycles. The van der Waals surface area contributed by atoms with Gasteiger partial charge in [-0.15, -0.1) is 0 Å². The molecule has 0 aliphatic carbocycles. The summed E-state index contributed by atoms with van der Waals surface area (Å²) in [5.41, 5.74) is 0. The third-order valence-electron chi connectivity index (χ3n) is 3.59. The Kier molecular flexibility index (Phi) is 4.31. The Morgan fingerprint density at radius 1 is 1.10 bits per heavy atom. The van der Waals surface area contributed by atoms with Crippen molar-refractivity contribution in [2.24, 2.45) is 0 Å². The zero-order chi connectivity index (χ0) is 14.9. The smallest absolute Gasteiger partial charge is 0.332 e. The number of amides is 1.